The standard InChI is InChI=1S/C27H38N6O4/c1-35-23-17-20(18-24(36-2)27(23)37-3)22-7-8-25(29-28-22)32-11-9-30(10-12-32)19-26(34)33-15-13-31(14-16-33)21-5-4-6-21/h7-8,17-18,21H,4-6,9-16,19H2,1-3H3. The Morgan fingerprint density at radius 3 is 2.05 bits per heavy atom. The maximum Gasteiger partial charge on any atom is 0.236 e. The number of carbonyl (C=O) groups excluding carboxylic acids is 1. The molecule has 1 saturated carbocycles. The van der Waals surface area contributed by atoms with E-state index in [2.05, 4.69) is 29.8 Å². The highest BCUT2D eigenvalue weighted by molar-refractivity contribution is 5.78. The Bertz CT molecular complexity index is 1040. The third kappa shape index (κ3) is 5.60. The van der Waals surface area contributed by atoms with Crippen molar-refractivity contribution in [2.45, 2.75) is 25.3 Å². The number of methoxy groups -OCH3 is 3. The van der Waals surface area contributed by atoms with Crippen LogP contribution in [-0.2, 0) is 4.79 Å². The first-order chi connectivity index (χ1) is 18.1. The van der Waals surface area contributed by atoms with Crippen molar-refractivity contribution in [3.8, 4) is 28.5 Å². The van der Waals surface area contributed by atoms with Gasteiger partial charge in [-0.2, -0.15) is 0 Å². The minimum Gasteiger partial charge on any atom is -0.493 e. The smallest absolute Gasteiger partial charge is 0.236 e. The molecule has 10 heteroatoms. The van der Waals surface area contributed by atoms with E-state index in [1.165, 1.54) is 19.3 Å². The molecule has 0 spiro atoms. The lowest BCUT2D eigenvalue weighted by Crippen LogP contribution is -2.56. The summed E-state index contributed by atoms with van der Waals surface area (Å²) >= 11 is 0. The van der Waals surface area contributed by atoms with Crippen molar-refractivity contribution in [3.05, 3.63) is 24.3 Å². The first-order valence-corrected chi connectivity index (χ1v) is 13.2. The lowest BCUT2D eigenvalue weighted by Gasteiger charge is -2.43. The Balaban J connectivity index is 1.13. The Morgan fingerprint density at radius 2 is 1.54 bits per heavy atom. The molecule has 200 valence electrons. The monoisotopic (exact) mass is 510 g/mol. The summed E-state index contributed by atoms with van der Waals surface area (Å²) in [6, 6.07) is 8.46. The van der Waals surface area contributed by atoms with Gasteiger partial charge in [-0.1, -0.05) is 6.42 Å². The van der Waals surface area contributed by atoms with Gasteiger partial charge in [-0.25, -0.2) is 0 Å². The van der Waals surface area contributed by atoms with Gasteiger partial charge in [-0.15, -0.1) is 10.2 Å². The second-order valence-corrected chi connectivity index (χ2v) is 9.96. The molecule has 3 fully saturated rings. The van der Waals surface area contributed by atoms with Crippen LogP contribution in [0.1, 0.15) is 19.3 Å². The van der Waals surface area contributed by atoms with Crippen LogP contribution < -0.4 is 19.1 Å². The van der Waals surface area contributed by atoms with Gasteiger partial charge in [0.2, 0.25) is 11.7 Å². The minimum atomic E-state index is 0.260. The molecular formula is C27H38N6O4. The van der Waals surface area contributed by atoms with Crippen molar-refractivity contribution >= 4 is 11.7 Å². The molecule has 2 saturated heterocycles. The van der Waals surface area contributed by atoms with Gasteiger partial charge in [0.1, 0.15) is 0 Å². The maximum atomic E-state index is 12.9. The van der Waals surface area contributed by atoms with Gasteiger partial charge >= 0.3 is 0 Å². The van der Waals surface area contributed by atoms with Crippen LogP contribution in [0.4, 0.5) is 5.82 Å². The second kappa shape index (κ2) is 11.5. The predicted molar refractivity (Wildman–Crippen MR) is 142 cm³/mol. The number of piperazine rings is 2. The van der Waals surface area contributed by atoms with Crippen LogP contribution >= 0.6 is 0 Å². The normalized spacial score (nSPS) is 19.4. The highest BCUT2D eigenvalue weighted by Gasteiger charge is 2.30. The van der Waals surface area contributed by atoms with Gasteiger partial charge in [0.15, 0.2) is 17.3 Å². The maximum absolute atomic E-state index is 12.9. The van der Waals surface area contributed by atoms with E-state index in [1.807, 2.05) is 24.3 Å². The number of benzene rings is 1. The zero-order valence-electron chi connectivity index (χ0n) is 22.2. The molecule has 2 aromatic rings. The topological polar surface area (TPSA) is 83.5 Å². The van der Waals surface area contributed by atoms with Gasteiger partial charge in [-0.05, 0) is 37.1 Å². The van der Waals surface area contributed by atoms with Crippen molar-refractivity contribution in [3.63, 3.8) is 0 Å². The molecule has 1 aliphatic carbocycles. The van der Waals surface area contributed by atoms with Crippen molar-refractivity contribution in [2.75, 3.05) is 85.1 Å². The summed E-state index contributed by atoms with van der Waals surface area (Å²) in [5.41, 5.74) is 1.56. The van der Waals surface area contributed by atoms with Crippen LogP contribution in [-0.4, -0.2) is 117 Å². The fourth-order valence-electron chi connectivity index (χ4n) is 5.39. The largest absolute Gasteiger partial charge is 0.493 e. The highest BCUT2D eigenvalue weighted by atomic mass is 16.5. The second-order valence-electron chi connectivity index (χ2n) is 9.96. The number of anilines is 1. The van der Waals surface area contributed by atoms with Gasteiger partial charge < -0.3 is 24.0 Å². The Labute approximate surface area is 219 Å². The van der Waals surface area contributed by atoms with Crippen LogP contribution in [0.15, 0.2) is 24.3 Å². The van der Waals surface area contributed by atoms with Crippen LogP contribution in [0.5, 0.6) is 17.2 Å². The van der Waals surface area contributed by atoms with Crippen molar-refractivity contribution in [1.29, 1.82) is 0 Å². The summed E-state index contributed by atoms with van der Waals surface area (Å²) in [7, 11) is 4.78. The molecule has 3 aliphatic rings. The summed E-state index contributed by atoms with van der Waals surface area (Å²) in [5, 5.41) is 8.96. The first-order valence-electron chi connectivity index (χ1n) is 13.2. The van der Waals surface area contributed by atoms with Gasteiger partial charge in [-0.3, -0.25) is 14.6 Å². The van der Waals surface area contributed by atoms with E-state index in [0.29, 0.717) is 23.8 Å². The zero-order chi connectivity index (χ0) is 25.8. The molecule has 3 heterocycles. The third-order valence-electron chi connectivity index (χ3n) is 7.92. The van der Waals surface area contributed by atoms with Crippen LogP contribution in [0.25, 0.3) is 11.3 Å². The fraction of sp³-hybridized carbons (Fsp3) is 0.593. The van der Waals surface area contributed by atoms with Gasteiger partial charge in [0.25, 0.3) is 0 Å². The molecule has 37 heavy (non-hydrogen) atoms. The average Bonchev–Trinajstić information content (AvgIpc) is 2.92. The highest BCUT2D eigenvalue weighted by Crippen LogP contribution is 2.40. The van der Waals surface area contributed by atoms with Crippen LogP contribution in [0.3, 0.4) is 0 Å². The molecule has 0 radical (unpaired) electrons. The van der Waals surface area contributed by atoms with Gasteiger partial charge in [0.05, 0.1) is 33.6 Å². The number of ether oxygens (including phenoxy) is 3. The molecule has 1 aromatic heterocycles. The van der Waals surface area contributed by atoms with Crippen LogP contribution in [0.2, 0.25) is 0 Å². The number of carbonyl (C=O) groups is 1. The molecule has 10 nitrogen and oxygen atoms in total. The number of nitrogens with zero attached hydrogens (tertiary/aromatic N) is 6. The van der Waals surface area contributed by atoms with E-state index in [4.69, 9.17) is 14.2 Å². The number of hydrogen-bond acceptors (Lipinski definition) is 9. The number of hydrogen-bond donors (Lipinski definition) is 0. The number of aromatic nitrogens is 2. The molecule has 2 aliphatic heterocycles. The summed E-state index contributed by atoms with van der Waals surface area (Å²) in [4.78, 5) is 22.0. The lowest BCUT2D eigenvalue weighted by atomic mass is 9.91. The van der Waals surface area contributed by atoms with Crippen molar-refractivity contribution in [1.82, 2.24) is 24.9 Å². The Kier molecular flexibility index (Phi) is 7.95. The van der Waals surface area contributed by atoms with E-state index in [1.54, 1.807) is 21.3 Å². The van der Waals surface area contributed by atoms with E-state index in [9.17, 15) is 4.79 Å². The molecule has 0 N–H and O–H groups in total. The van der Waals surface area contributed by atoms with E-state index < -0.39 is 0 Å². The molecule has 1 amide bonds. The zero-order valence-corrected chi connectivity index (χ0v) is 22.2. The molecular weight excluding hydrogens is 472 g/mol. The first kappa shape index (κ1) is 25.5. The number of rotatable bonds is 8. The summed E-state index contributed by atoms with van der Waals surface area (Å²) in [6.07, 6.45) is 4.02. The van der Waals surface area contributed by atoms with E-state index in [-0.39, 0.29) is 5.91 Å². The van der Waals surface area contributed by atoms with Gasteiger partial charge in [0, 0.05) is 64.0 Å². The van der Waals surface area contributed by atoms with Crippen LogP contribution in [0, 0.1) is 0 Å². The molecule has 5 rings (SSSR count). The fourth-order valence-corrected chi connectivity index (χ4v) is 5.39. The van der Waals surface area contributed by atoms with Crippen molar-refractivity contribution in [2.24, 2.45) is 0 Å². The summed E-state index contributed by atoms with van der Waals surface area (Å²) in [5.74, 6) is 2.80. The Morgan fingerprint density at radius 1 is 0.865 bits per heavy atom. The SMILES string of the molecule is COc1cc(-c2ccc(N3CCN(CC(=O)N4CCN(C5CCC5)CC4)CC3)nn2)cc(OC)c1OC. The van der Waals surface area contributed by atoms with E-state index in [0.717, 1.165) is 75.5 Å². The molecule has 0 bridgehead atoms. The number of amides is 1. The molecule has 0 atom stereocenters. The quantitative estimate of drug-likeness (QED) is 0.529. The predicted octanol–water partition coefficient (Wildman–Crippen LogP) is 1.99. The van der Waals surface area contributed by atoms with E-state index >= 15 is 0 Å². The summed E-state index contributed by atoms with van der Waals surface area (Å²) in [6.45, 7) is 7.59. The van der Waals surface area contributed by atoms with Crippen molar-refractivity contribution < 1.29 is 19.0 Å². The molecule has 1 aromatic carbocycles. The third-order valence-corrected chi connectivity index (χ3v) is 7.92. The lowest BCUT2D eigenvalue weighted by molar-refractivity contribution is -0.134. The molecule has 0 unspecified atom stereocenters. The summed E-state index contributed by atoms with van der Waals surface area (Å²) < 4.78 is 16.3. The minimum absolute atomic E-state index is 0.260. The average molecular weight is 511 g/mol. The Hall–Kier alpha value is -3.11.